The number of hydrogen-bond acceptors (Lipinski definition) is 3. The number of phenolic OH excluding ortho intramolecular Hbond substituents is 1. The molecule has 106 valence electrons. The second kappa shape index (κ2) is 7.20. The maximum Gasteiger partial charge on any atom is 0.230 e. The van der Waals surface area contributed by atoms with Crippen LogP contribution in [0.5, 0.6) is 5.75 Å². The van der Waals surface area contributed by atoms with Gasteiger partial charge in [-0.3, -0.25) is 4.79 Å². The molecular formula is C16H19NO2S. The van der Waals surface area contributed by atoms with E-state index >= 15 is 0 Å². The minimum absolute atomic E-state index is 0.0561. The van der Waals surface area contributed by atoms with Crippen molar-refractivity contribution in [2.45, 2.75) is 24.7 Å². The predicted octanol–water partition coefficient (Wildman–Crippen LogP) is 3.55. The number of unbranched alkanes of at least 4 members (excludes halogenated alkanes) is 1. The number of phenols is 1. The van der Waals surface area contributed by atoms with Crippen molar-refractivity contribution in [1.29, 1.82) is 0 Å². The van der Waals surface area contributed by atoms with Gasteiger partial charge in [0.15, 0.2) is 0 Å². The molecule has 2 rings (SSSR count). The zero-order valence-electron chi connectivity index (χ0n) is 11.6. The largest absolute Gasteiger partial charge is 0.507 e. The molecule has 0 saturated carbocycles. The molecule has 0 aliphatic rings. The molecular weight excluding hydrogens is 270 g/mol. The number of benzene rings is 2. The van der Waals surface area contributed by atoms with Crippen molar-refractivity contribution in [2.75, 3.05) is 12.3 Å². The second-order valence-electron chi connectivity index (χ2n) is 4.62. The van der Waals surface area contributed by atoms with Crippen LogP contribution in [0.2, 0.25) is 0 Å². The molecule has 0 fully saturated rings. The van der Waals surface area contributed by atoms with E-state index in [-0.39, 0.29) is 11.7 Å². The highest BCUT2D eigenvalue weighted by Crippen LogP contribution is 2.33. The summed E-state index contributed by atoms with van der Waals surface area (Å²) in [7, 11) is 0. The van der Waals surface area contributed by atoms with Gasteiger partial charge >= 0.3 is 0 Å². The fourth-order valence-electron chi connectivity index (χ4n) is 1.98. The maximum absolute atomic E-state index is 11.7. The minimum atomic E-state index is 0.0561. The Morgan fingerprint density at radius 3 is 2.70 bits per heavy atom. The standard InChI is InChI=1S/C16H19NO2S/c1-2-3-10-17-16(19)11-20-15-9-8-14(18)12-6-4-5-7-13(12)15/h4-9,18H,2-3,10-11H2,1H3,(H,17,19). The zero-order chi connectivity index (χ0) is 14.4. The van der Waals surface area contributed by atoms with Gasteiger partial charge in [0.2, 0.25) is 5.91 Å². The summed E-state index contributed by atoms with van der Waals surface area (Å²) in [4.78, 5) is 12.7. The van der Waals surface area contributed by atoms with Crippen LogP contribution in [-0.4, -0.2) is 23.3 Å². The van der Waals surface area contributed by atoms with E-state index in [4.69, 9.17) is 0 Å². The highest BCUT2D eigenvalue weighted by atomic mass is 32.2. The van der Waals surface area contributed by atoms with Gasteiger partial charge in [-0.2, -0.15) is 0 Å². The average Bonchev–Trinajstić information content (AvgIpc) is 2.47. The molecule has 0 radical (unpaired) electrons. The van der Waals surface area contributed by atoms with Gasteiger partial charge in [-0.1, -0.05) is 37.6 Å². The normalized spacial score (nSPS) is 10.7. The van der Waals surface area contributed by atoms with E-state index in [0.29, 0.717) is 5.75 Å². The van der Waals surface area contributed by atoms with Gasteiger partial charge in [-0.05, 0) is 23.9 Å². The summed E-state index contributed by atoms with van der Waals surface area (Å²) in [5.74, 6) is 0.733. The summed E-state index contributed by atoms with van der Waals surface area (Å²) in [5, 5.41) is 14.5. The van der Waals surface area contributed by atoms with Gasteiger partial charge < -0.3 is 10.4 Å². The van der Waals surface area contributed by atoms with Gasteiger partial charge in [0, 0.05) is 16.8 Å². The van der Waals surface area contributed by atoms with Crippen LogP contribution >= 0.6 is 11.8 Å². The quantitative estimate of drug-likeness (QED) is 0.631. The highest BCUT2D eigenvalue weighted by molar-refractivity contribution is 8.00. The number of rotatable bonds is 6. The number of aromatic hydroxyl groups is 1. The first-order chi connectivity index (χ1) is 9.72. The first-order valence-corrected chi connectivity index (χ1v) is 7.81. The molecule has 0 aromatic heterocycles. The molecule has 4 heteroatoms. The van der Waals surface area contributed by atoms with Gasteiger partial charge in [0.05, 0.1) is 5.75 Å². The Labute approximate surface area is 123 Å². The summed E-state index contributed by atoms with van der Waals surface area (Å²) in [6.07, 6.45) is 2.09. The van der Waals surface area contributed by atoms with Crippen LogP contribution in [0.15, 0.2) is 41.3 Å². The van der Waals surface area contributed by atoms with E-state index in [9.17, 15) is 9.90 Å². The molecule has 1 amide bonds. The molecule has 20 heavy (non-hydrogen) atoms. The summed E-state index contributed by atoms with van der Waals surface area (Å²) >= 11 is 1.50. The Kier molecular flexibility index (Phi) is 5.30. The number of amides is 1. The lowest BCUT2D eigenvalue weighted by atomic mass is 10.1. The van der Waals surface area contributed by atoms with E-state index in [2.05, 4.69) is 12.2 Å². The minimum Gasteiger partial charge on any atom is -0.507 e. The van der Waals surface area contributed by atoms with Crippen molar-refractivity contribution in [3.63, 3.8) is 0 Å². The van der Waals surface area contributed by atoms with Crippen LogP contribution in [0.3, 0.4) is 0 Å². The fourth-order valence-corrected chi connectivity index (χ4v) is 2.87. The summed E-state index contributed by atoms with van der Waals surface area (Å²) in [6.45, 7) is 2.84. The topological polar surface area (TPSA) is 49.3 Å². The summed E-state index contributed by atoms with van der Waals surface area (Å²) < 4.78 is 0. The van der Waals surface area contributed by atoms with Crippen LogP contribution in [-0.2, 0) is 4.79 Å². The van der Waals surface area contributed by atoms with Gasteiger partial charge in [-0.15, -0.1) is 11.8 Å². The van der Waals surface area contributed by atoms with Gasteiger partial charge in [0.25, 0.3) is 0 Å². The van der Waals surface area contributed by atoms with Crippen LogP contribution in [0, 0.1) is 0 Å². The number of carbonyl (C=O) groups is 1. The molecule has 0 bridgehead atoms. The molecule has 0 heterocycles. The average molecular weight is 289 g/mol. The summed E-state index contributed by atoms with van der Waals surface area (Å²) in [6, 6.07) is 11.2. The van der Waals surface area contributed by atoms with Crippen molar-refractivity contribution in [3.05, 3.63) is 36.4 Å². The Bertz CT molecular complexity index is 598. The van der Waals surface area contributed by atoms with Gasteiger partial charge in [-0.25, -0.2) is 0 Å². The Hall–Kier alpha value is -1.68. The third-order valence-electron chi connectivity index (χ3n) is 3.07. The smallest absolute Gasteiger partial charge is 0.230 e. The van der Waals surface area contributed by atoms with Crippen LogP contribution in [0.4, 0.5) is 0 Å². The number of thioether (sulfide) groups is 1. The third-order valence-corrected chi connectivity index (χ3v) is 4.15. The molecule has 2 aromatic rings. The molecule has 0 unspecified atom stereocenters. The fraction of sp³-hybridized carbons (Fsp3) is 0.312. The van der Waals surface area contributed by atoms with E-state index in [1.807, 2.05) is 30.3 Å². The molecule has 0 aliphatic carbocycles. The molecule has 2 N–H and O–H groups in total. The highest BCUT2D eigenvalue weighted by Gasteiger charge is 2.07. The predicted molar refractivity (Wildman–Crippen MR) is 84.3 cm³/mol. The van der Waals surface area contributed by atoms with E-state index in [0.717, 1.165) is 35.1 Å². The van der Waals surface area contributed by atoms with E-state index in [1.165, 1.54) is 11.8 Å². The lowest BCUT2D eigenvalue weighted by molar-refractivity contribution is -0.118. The maximum atomic E-state index is 11.7. The summed E-state index contributed by atoms with van der Waals surface area (Å²) in [5.41, 5.74) is 0. The van der Waals surface area contributed by atoms with E-state index in [1.54, 1.807) is 6.07 Å². The van der Waals surface area contributed by atoms with E-state index < -0.39 is 0 Å². The Morgan fingerprint density at radius 2 is 1.95 bits per heavy atom. The van der Waals surface area contributed by atoms with Crippen molar-refractivity contribution >= 4 is 28.4 Å². The number of nitrogens with one attached hydrogen (secondary N) is 1. The van der Waals surface area contributed by atoms with Crippen molar-refractivity contribution in [2.24, 2.45) is 0 Å². The van der Waals surface area contributed by atoms with Crippen LogP contribution < -0.4 is 5.32 Å². The van der Waals surface area contributed by atoms with Crippen LogP contribution in [0.1, 0.15) is 19.8 Å². The van der Waals surface area contributed by atoms with Crippen molar-refractivity contribution in [1.82, 2.24) is 5.32 Å². The third kappa shape index (κ3) is 3.67. The molecule has 3 nitrogen and oxygen atoms in total. The van der Waals surface area contributed by atoms with Crippen molar-refractivity contribution < 1.29 is 9.90 Å². The lowest BCUT2D eigenvalue weighted by Crippen LogP contribution is -2.25. The first kappa shape index (κ1) is 14.7. The van der Waals surface area contributed by atoms with Crippen molar-refractivity contribution in [3.8, 4) is 5.75 Å². The number of carbonyl (C=O) groups excluding carboxylic acids is 1. The van der Waals surface area contributed by atoms with Crippen LogP contribution in [0.25, 0.3) is 10.8 Å². The SMILES string of the molecule is CCCCNC(=O)CSc1ccc(O)c2ccccc12. The first-order valence-electron chi connectivity index (χ1n) is 6.82. The zero-order valence-corrected chi connectivity index (χ0v) is 12.4. The Balaban J connectivity index is 2.03. The molecule has 0 saturated heterocycles. The molecule has 0 spiro atoms. The molecule has 2 aromatic carbocycles. The number of hydrogen-bond donors (Lipinski definition) is 2. The lowest BCUT2D eigenvalue weighted by Gasteiger charge is -2.08. The van der Waals surface area contributed by atoms with Gasteiger partial charge in [0.1, 0.15) is 5.75 Å². The number of fused-ring (bicyclic) bond motifs is 1. The second-order valence-corrected chi connectivity index (χ2v) is 5.64. The monoisotopic (exact) mass is 289 g/mol. The molecule has 0 atom stereocenters. The molecule has 0 aliphatic heterocycles. The Morgan fingerprint density at radius 1 is 1.20 bits per heavy atom.